The minimum atomic E-state index is -3.55. The van der Waals surface area contributed by atoms with Crippen LogP contribution in [0.2, 0.25) is 0 Å². The lowest BCUT2D eigenvalue weighted by atomic mass is 9.87. The summed E-state index contributed by atoms with van der Waals surface area (Å²) in [7, 11) is -2.05. The van der Waals surface area contributed by atoms with Crippen molar-refractivity contribution >= 4 is 28.3 Å². The van der Waals surface area contributed by atoms with Gasteiger partial charge in [-0.25, -0.2) is 13.1 Å². The fourth-order valence-electron chi connectivity index (χ4n) is 1.84. The molecule has 0 spiro atoms. The lowest BCUT2D eigenvalue weighted by Crippen LogP contribution is -2.48. The summed E-state index contributed by atoms with van der Waals surface area (Å²) in [5, 5.41) is 2.76. The van der Waals surface area contributed by atoms with Gasteiger partial charge in [-0.3, -0.25) is 4.79 Å². The van der Waals surface area contributed by atoms with Gasteiger partial charge in [-0.2, -0.15) is 0 Å². The van der Waals surface area contributed by atoms with Gasteiger partial charge in [0, 0.05) is 20.2 Å². The number of nitrogens with two attached hydrogens (primary N) is 1. The van der Waals surface area contributed by atoms with E-state index in [1.165, 1.54) is 19.2 Å². The largest absolute Gasteiger partial charge is 0.383 e. The van der Waals surface area contributed by atoms with E-state index in [4.69, 9.17) is 10.5 Å². The van der Waals surface area contributed by atoms with Crippen LogP contribution in [0.15, 0.2) is 29.2 Å². The van der Waals surface area contributed by atoms with Crippen molar-refractivity contribution in [3.63, 3.8) is 0 Å². The van der Waals surface area contributed by atoms with Crippen LogP contribution in [0.1, 0.15) is 26.3 Å². The van der Waals surface area contributed by atoms with Crippen molar-refractivity contribution < 1.29 is 17.9 Å². The number of rotatable bonds is 8. The van der Waals surface area contributed by atoms with Gasteiger partial charge >= 0.3 is 0 Å². The molecule has 0 bridgehead atoms. The third kappa shape index (κ3) is 7.70. The number of methoxy groups -OCH3 is 1. The second kappa shape index (κ2) is 10.1. The third-order valence-electron chi connectivity index (χ3n) is 3.51. The van der Waals surface area contributed by atoms with Crippen molar-refractivity contribution in [3.05, 3.63) is 29.8 Å². The molecule has 1 amide bonds. The third-order valence-corrected chi connectivity index (χ3v) is 4.99. The Morgan fingerprint density at radius 3 is 2.28 bits per heavy atom. The maximum absolute atomic E-state index is 12.0. The van der Waals surface area contributed by atoms with Gasteiger partial charge in [0.15, 0.2) is 0 Å². The molecule has 4 N–H and O–H groups in total. The Bertz CT molecular complexity index is 642. The summed E-state index contributed by atoms with van der Waals surface area (Å²) in [4.78, 5) is 12.1. The lowest BCUT2D eigenvalue weighted by Gasteiger charge is -2.25. The van der Waals surface area contributed by atoms with Crippen LogP contribution < -0.4 is 15.8 Å². The minimum Gasteiger partial charge on any atom is -0.383 e. The molecule has 0 unspecified atom stereocenters. The molecule has 25 heavy (non-hydrogen) atoms. The maximum Gasteiger partial charge on any atom is 0.240 e. The first kappa shape index (κ1) is 23.8. The summed E-state index contributed by atoms with van der Waals surface area (Å²) in [6.07, 6.45) is 0. The summed E-state index contributed by atoms with van der Waals surface area (Å²) >= 11 is 0. The van der Waals surface area contributed by atoms with Crippen molar-refractivity contribution in [2.24, 2.45) is 11.1 Å². The maximum atomic E-state index is 12.0. The van der Waals surface area contributed by atoms with Crippen LogP contribution in [-0.4, -0.2) is 40.6 Å². The molecule has 0 aromatic heterocycles. The molecule has 7 nitrogen and oxygen atoms in total. The number of benzene rings is 1. The van der Waals surface area contributed by atoms with E-state index in [0.717, 1.165) is 5.56 Å². The molecule has 0 saturated heterocycles. The van der Waals surface area contributed by atoms with Gasteiger partial charge in [-0.05, 0) is 23.1 Å². The van der Waals surface area contributed by atoms with E-state index in [9.17, 15) is 13.2 Å². The van der Waals surface area contributed by atoms with Crippen molar-refractivity contribution in [3.8, 4) is 0 Å². The summed E-state index contributed by atoms with van der Waals surface area (Å²) < 4.78 is 31.3. The van der Waals surface area contributed by atoms with Crippen LogP contribution in [0.3, 0.4) is 0 Å². The predicted octanol–water partition coefficient (Wildman–Crippen LogP) is 1.02. The molecule has 1 atom stereocenters. The number of amides is 1. The van der Waals surface area contributed by atoms with Crippen LogP contribution in [0.25, 0.3) is 0 Å². The molecule has 0 saturated carbocycles. The van der Waals surface area contributed by atoms with E-state index >= 15 is 0 Å². The van der Waals surface area contributed by atoms with Crippen LogP contribution >= 0.6 is 12.4 Å². The average molecular weight is 394 g/mol. The Labute approximate surface area is 156 Å². The molecule has 1 aromatic carbocycles. The first-order valence-corrected chi connectivity index (χ1v) is 9.17. The van der Waals surface area contributed by atoms with Crippen molar-refractivity contribution in [2.45, 2.75) is 38.3 Å². The number of ether oxygens (including phenoxy) is 1. The quantitative estimate of drug-likeness (QED) is 0.571. The highest BCUT2D eigenvalue weighted by atomic mass is 35.5. The molecule has 144 valence electrons. The summed E-state index contributed by atoms with van der Waals surface area (Å²) in [6.45, 7) is 6.49. The van der Waals surface area contributed by atoms with E-state index in [0.29, 0.717) is 13.2 Å². The van der Waals surface area contributed by atoms with Crippen molar-refractivity contribution in [1.82, 2.24) is 10.0 Å². The monoisotopic (exact) mass is 393 g/mol. The Hall–Kier alpha value is -1.19. The number of hydrogen-bond donors (Lipinski definition) is 3. The molecule has 1 aromatic rings. The second-order valence-corrected chi connectivity index (χ2v) is 8.36. The molecule has 0 aliphatic rings. The fraction of sp³-hybridized carbons (Fsp3) is 0.562. The normalized spacial score (nSPS) is 13.0. The molecule has 0 radical (unpaired) electrons. The highest BCUT2D eigenvalue weighted by Crippen LogP contribution is 2.17. The lowest BCUT2D eigenvalue weighted by molar-refractivity contribution is -0.124. The first-order valence-electron chi connectivity index (χ1n) is 7.69. The topological polar surface area (TPSA) is 111 Å². The second-order valence-electron chi connectivity index (χ2n) is 6.60. The number of halogens is 1. The molecule has 0 aliphatic carbocycles. The SMILES string of the molecule is COCCNS(=O)(=O)c1ccc(CNC(=O)[C@@H](N)C(C)(C)C)cc1.Cl. The predicted molar refractivity (Wildman–Crippen MR) is 100 cm³/mol. The standard InChI is InChI=1S/C16H27N3O4S.ClH/c1-16(2,3)14(17)15(20)18-11-12-5-7-13(8-6-12)24(21,22)19-9-10-23-4;/h5-8,14,19H,9-11,17H2,1-4H3,(H,18,20);1H/t14-;/m1./s1. The number of carbonyl (C=O) groups excluding carboxylic acids is 1. The first-order chi connectivity index (χ1) is 11.1. The highest BCUT2D eigenvalue weighted by molar-refractivity contribution is 7.89. The van der Waals surface area contributed by atoms with E-state index < -0.39 is 16.1 Å². The summed E-state index contributed by atoms with van der Waals surface area (Å²) in [5.41, 5.74) is 6.36. The summed E-state index contributed by atoms with van der Waals surface area (Å²) in [6, 6.07) is 5.71. The smallest absolute Gasteiger partial charge is 0.240 e. The number of nitrogens with one attached hydrogen (secondary N) is 2. The van der Waals surface area contributed by atoms with E-state index in [2.05, 4.69) is 10.0 Å². The van der Waals surface area contributed by atoms with Crippen LogP contribution in [-0.2, 0) is 26.1 Å². The van der Waals surface area contributed by atoms with Gasteiger partial charge < -0.3 is 15.8 Å². The van der Waals surface area contributed by atoms with E-state index in [1.54, 1.807) is 12.1 Å². The van der Waals surface area contributed by atoms with Crippen molar-refractivity contribution in [2.75, 3.05) is 20.3 Å². The zero-order chi connectivity index (χ0) is 18.4. The zero-order valence-electron chi connectivity index (χ0n) is 15.0. The minimum absolute atomic E-state index is 0. The Morgan fingerprint density at radius 2 is 1.80 bits per heavy atom. The van der Waals surface area contributed by atoms with Gasteiger partial charge in [-0.1, -0.05) is 32.9 Å². The molecular weight excluding hydrogens is 366 g/mol. The van der Waals surface area contributed by atoms with Gasteiger partial charge in [0.2, 0.25) is 15.9 Å². The van der Waals surface area contributed by atoms with Crippen LogP contribution in [0.4, 0.5) is 0 Å². The average Bonchev–Trinajstić information content (AvgIpc) is 2.51. The fourth-order valence-corrected chi connectivity index (χ4v) is 2.85. The van der Waals surface area contributed by atoms with Gasteiger partial charge in [0.25, 0.3) is 0 Å². The van der Waals surface area contributed by atoms with Gasteiger partial charge in [0.05, 0.1) is 17.5 Å². The molecule has 1 rings (SSSR count). The Kier molecular flexibility index (Phi) is 9.60. The molecule has 0 heterocycles. The van der Waals surface area contributed by atoms with Crippen molar-refractivity contribution in [1.29, 1.82) is 0 Å². The Morgan fingerprint density at radius 1 is 1.24 bits per heavy atom. The molecule has 0 fully saturated rings. The van der Waals surface area contributed by atoms with E-state index in [-0.39, 0.29) is 35.2 Å². The van der Waals surface area contributed by atoms with Gasteiger partial charge in [0.1, 0.15) is 0 Å². The summed E-state index contributed by atoms with van der Waals surface area (Å²) in [5.74, 6) is -0.236. The molecule has 0 aliphatic heterocycles. The van der Waals surface area contributed by atoms with E-state index in [1.807, 2.05) is 20.8 Å². The number of sulfonamides is 1. The number of hydrogen-bond acceptors (Lipinski definition) is 5. The van der Waals surface area contributed by atoms with Crippen LogP contribution in [0.5, 0.6) is 0 Å². The molecule has 9 heteroatoms. The van der Waals surface area contributed by atoms with Gasteiger partial charge in [-0.15, -0.1) is 12.4 Å². The molecular formula is C16H28ClN3O4S. The number of carbonyl (C=O) groups is 1. The Balaban J connectivity index is 0.00000576. The zero-order valence-corrected chi connectivity index (χ0v) is 16.7. The van der Waals surface area contributed by atoms with Crippen LogP contribution in [0, 0.1) is 5.41 Å². The highest BCUT2D eigenvalue weighted by Gasteiger charge is 2.27.